The van der Waals surface area contributed by atoms with Crippen LogP contribution in [0.5, 0.6) is 0 Å². The van der Waals surface area contributed by atoms with Gasteiger partial charge in [0, 0.05) is 13.1 Å². The maximum atomic E-state index is 12.3. The first-order valence-electron chi connectivity index (χ1n) is 7.05. The van der Waals surface area contributed by atoms with Crippen molar-refractivity contribution in [2.24, 2.45) is 0 Å². The van der Waals surface area contributed by atoms with E-state index in [4.69, 9.17) is 11.6 Å². The van der Waals surface area contributed by atoms with E-state index in [-0.39, 0.29) is 18.6 Å². The van der Waals surface area contributed by atoms with Crippen LogP contribution >= 0.6 is 38.9 Å². The van der Waals surface area contributed by atoms with E-state index in [2.05, 4.69) is 25.9 Å². The number of hydrogen-bond acceptors (Lipinski definition) is 4. The molecule has 0 aliphatic rings. The number of nitrogens with zero attached hydrogens (tertiary/aromatic N) is 2. The summed E-state index contributed by atoms with van der Waals surface area (Å²) in [4.78, 5) is 30.4. The van der Waals surface area contributed by atoms with Gasteiger partial charge in [-0.25, -0.2) is 4.98 Å². The van der Waals surface area contributed by atoms with Gasteiger partial charge in [-0.15, -0.1) is 11.3 Å². The molecule has 0 aliphatic heterocycles. The van der Waals surface area contributed by atoms with Gasteiger partial charge in [-0.1, -0.05) is 11.6 Å². The average Bonchev–Trinajstić information content (AvgIpc) is 3.09. The Hall–Kier alpha value is -1.85. The first-order valence-corrected chi connectivity index (χ1v) is 9.10. The molecule has 0 bridgehead atoms. The Labute approximate surface area is 161 Å². The third kappa shape index (κ3) is 3.38. The number of H-pyrrole nitrogens is 1. The van der Waals surface area contributed by atoms with E-state index >= 15 is 0 Å². The van der Waals surface area contributed by atoms with Crippen LogP contribution in [-0.4, -0.2) is 33.2 Å². The second-order valence-electron chi connectivity index (χ2n) is 5.09. The standard InChI is InChI=1S/C14H9BrClF3N4O2S/c15-7-8-10(12(24)22-5-21-8)23(3-2-20-13(25)14(17,18)19)9(7)11-6(16)1-4-26-11/h1,4-5H,2-3H2,(H,20,25)(H,21,22,24). The van der Waals surface area contributed by atoms with Crippen molar-refractivity contribution < 1.29 is 18.0 Å². The molecule has 3 aromatic rings. The first kappa shape index (κ1) is 18.9. The number of thiophene rings is 1. The smallest absolute Gasteiger partial charge is 0.346 e. The number of halogens is 5. The number of aromatic amines is 1. The average molecular weight is 470 g/mol. The van der Waals surface area contributed by atoms with E-state index < -0.39 is 17.6 Å². The fourth-order valence-corrected chi connectivity index (χ4v) is 4.48. The van der Waals surface area contributed by atoms with Crippen LogP contribution in [0.3, 0.4) is 0 Å². The lowest BCUT2D eigenvalue weighted by Crippen LogP contribution is -2.38. The number of amides is 1. The molecule has 2 N–H and O–H groups in total. The normalized spacial score (nSPS) is 11.9. The summed E-state index contributed by atoms with van der Waals surface area (Å²) in [6.07, 6.45) is -3.75. The molecule has 6 nitrogen and oxygen atoms in total. The largest absolute Gasteiger partial charge is 0.471 e. The number of aromatic nitrogens is 3. The summed E-state index contributed by atoms with van der Waals surface area (Å²) in [5, 5.41) is 3.96. The fraction of sp³-hybridized carbons (Fsp3) is 0.214. The minimum Gasteiger partial charge on any atom is -0.346 e. The van der Waals surface area contributed by atoms with Crippen molar-refractivity contribution in [2.75, 3.05) is 6.54 Å². The second kappa shape index (κ2) is 7.05. The number of hydrogen-bond donors (Lipinski definition) is 2. The minimum absolute atomic E-state index is 0.0811. The quantitative estimate of drug-likeness (QED) is 0.613. The Morgan fingerprint density at radius 2 is 2.19 bits per heavy atom. The summed E-state index contributed by atoms with van der Waals surface area (Å²) in [5.41, 5.74) is 0.553. The molecule has 138 valence electrons. The molecule has 0 atom stereocenters. The Bertz CT molecular complexity index is 1040. The van der Waals surface area contributed by atoms with Crippen LogP contribution in [0.2, 0.25) is 5.02 Å². The molecule has 26 heavy (non-hydrogen) atoms. The van der Waals surface area contributed by atoms with Crippen molar-refractivity contribution in [2.45, 2.75) is 12.7 Å². The lowest BCUT2D eigenvalue weighted by atomic mass is 10.3. The van der Waals surface area contributed by atoms with Gasteiger partial charge < -0.3 is 14.9 Å². The first-order chi connectivity index (χ1) is 12.2. The number of carbonyl (C=O) groups excluding carboxylic acids is 1. The molecule has 1 amide bonds. The van der Waals surface area contributed by atoms with Crippen LogP contribution in [0.1, 0.15) is 0 Å². The molecule has 12 heteroatoms. The molecule has 0 fully saturated rings. The highest BCUT2D eigenvalue weighted by Crippen LogP contribution is 2.41. The van der Waals surface area contributed by atoms with Crippen LogP contribution in [0.4, 0.5) is 13.2 Å². The summed E-state index contributed by atoms with van der Waals surface area (Å²) in [5.74, 6) is -2.05. The van der Waals surface area contributed by atoms with E-state index in [1.807, 2.05) is 0 Å². The van der Waals surface area contributed by atoms with Gasteiger partial charge >= 0.3 is 12.1 Å². The fourth-order valence-electron chi connectivity index (χ4n) is 2.44. The topological polar surface area (TPSA) is 79.8 Å². The molecule has 0 saturated carbocycles. The predicted octanol–water partition coefficient (Wildman–Crippen LogP) is 3.55. The Kier molecular flexibility index (Phi) is 5.13. The number of rotatable bonds is 4. The zero-order valence-corrected chi connectivity index (χ0v) is 15.8. The zero-order valence-electron chi connectivity index (χ0n) is 12.7. The second-order valence-corrected chi connectivity index (χ2v) is 7.21. The highest BCUT2D eigenvalue weighted by atomic mass is 79.9. The van der Waals surface area contributed by atoms with Crippen molar-refractivity contribution >= 4 is 55.8 Å². The maximum absolute atomic E-state index is 12.3. The summed E-state index contributed by atoms with van der Waals surface area (Å²) in [7, 11) is 0. The van der Waals surface area contributed by atoms with E-state index in [1.54, 1.807) is 16.8 Å². The van der Waals surface area contributed by atoms with Gasteiger partial charge in [-0.05, 0) is 27.4 Å². The third-order valence-electron chi connectivity index (χ3n) is 3.50. The van der Waals surface area contributed by atoms with Gasteiger partial charge in [0.25, 0.3) is 5.56 Å². The van der Waals surface area contributed by atoms with Gasteiger partial charge in [-0.2, -0.15) is 13.2 Å². The molecule has 0 aliphatic carbocycles. The number of carbonyl (C=O) groups is 1. The summed E-state index contributed by atoms with van der Waals surface area (Å²) in [6.45, 7) is -0.416. The van der Waals surface area contributed by atoms with Crippen LogP contribution in [0.15, 0.2) is 27.0 Å². The van der Waals surface area contributed by atoms with E-state index in [1.165, 1.54) is 22.2 Å². The summed E-state index contributed by atoms with van der Waals surface area (Å²) in [6, 6.07) is 1.67. The monoisotopic (exact) mass is 468 g/mol. The summed E-state index contributed by atoms with van der Waals surface area (Å²) >= 11 is 10.9. The third-order valence-corrected chi connectivity index (χ3v) is 5.59. The molecule has 0 saturated heterocycles. The van der Waals surface area contributed by atoms with Crippen LogP contribution in [0, 0.1) is 0 Å². The van der Waals surface area contributed by atoms with Crippen molar-refractivity contribution in [1.82, 2.24) is 19.9 Å². The van der Waals surface area contributed by atoms with Crippen LogP contribution in [0.25, 0.3) is 21.6 Å². The molecule has 0 unspecified atom stereocenters. The van der Waals surface area contributed by atoms with E-state index in [0.29, 0.717) is 25.6 Å². The highest BCUT2D eigenvalue weighted by Gasteiger charge is 2.38. The van der Waals surface area contributed by atoms with Crippen LogP contribution < -0.4 is 10.9 Å². The summed E-state index contributed by atoms with van der Waals surface area (Å²) < 4.78 is 39.0. The molecule has 3 heterocycles. The van der Waals surface area contributed by atoms with Crippen LogP contribution in [-0.2, 0) is 11.3 Å². The van der Waals surface area contributed by atoms with Crippen molar-refractivity contribution in [3.05, 3.63) is 37.6 Å². The molecular weight excluding hydrogens is 461 g/mol. The van der Waals surface area contributed by atoms with Gasteiger partial charge in [0.05, 0.1) is 26.4 Å². The SMILES string of the molecule is O=C(NCCn1c(-c2sccc2Cl)c(Br)c2nc[nH]c(=O)c21)C(F)(F)F. The van der Waals surface area contributed by atoms with Gasteiger partial charge in [0.2, 0.25) is 0 Å². The minimum atomic E-state index is -4.97. The number of alkyl halides is 3. The van der Waals surface area contributed by atoms with Gasteiger partial charge in [-0.3, -0.25) is 9.59 Å². The lowest BCUT2D eigenvalue weighted by molar-refractivity contribution is -0.173. The Morgan fingerprint density at radius 3 is 2.81 bits per heavy atom. The molecule has 3 aromatic heterocycles. The lowest BCUT2D eigenvalue weighted by Gasteiger charge is -2.12. The van der Waals surface area contributed by atoms with Crippen molar-refractivity contribution in [1.29, 1.82) is 0 Å². The zero-order chi connectivity index (χ0) is 19.1. The molecule has 0 radical (unpaired) electrons. The van der Waals surface area contributed by atoms with Gasteiger partial charge in [0.15, 0.2) is 0 Å². The molecule has 0 spiro atoms. The van der Waals surface area contributed by atoms with E-state index in [9.17, 15) is 22.8 Å². The van der Waals surface area contributed by atoms with Gasteiger partial charge in [0.1, 0.15) is 11.0 Å². The number of nitrogens with one attached hydrogen (secondary N) is 2. The van der Waals surface area contributed by atoms with Crippen molar-refractivity contribution in [3.63, 3.8) is 0 Å². The predicted molar refractivity (Wildman–Crippen MR) is 95.4 cm³/mol. The Balaban J connectivity index is 2.07. The molecule has 0 aromatic carbocycles. The maximum Gasteiger partial charge on any atom is 0.471 e. The Morgan fingerprint density at radius 1 is 1.46 bits per heavy atom. The number of fused-ring (bicyclic) bond motifs is 1. The molecule has 3 rings (SSSR count). The van der Waals surface area contributed by atoms with E-state index in [0.717, 1.165) is 0 Å². The van der Waals surface area contributed by atoms with Crippen molar-refractivity contribution in [3.8, 4) is 10.6 Å². The molecular formula is C14H9BrClF3N4O2S. The highest BCUT2D eigenvalue weighted by molar-refractivity contribution is 9.10.